The number of hydrogen-bond acceptors (Lipinski definition) is 9. The van der Waals surface area contributed by atoms with Gasteiger partial charge in [-0.15, -0.1) is 0 Å². The Kier molecular flexibility index (Phi) is 8.15. The highest BCUT2D eigenvalue weighted by Crippen LogP contribution is 2.58. The number of rotatable bonds is 3. The molecule has 0 aliphatic carbocycles. The van der Waals surface area contributed by atoms with Gasteiger partial charge in [-0.05, 0) is 39.9 Å². The molecule has 0 saturated carbocycles. The summed E-state index contributed by atoms with van der Waals surface area (Å²) in [5, 5.41) is 0. The van der Waals surface area contributed by atoms with Gasteiger partial charge in [0.05, 0.1) is 31.8 Å². The first-order chi connectivity index (χ1) is 19.7. The number of carbonyl (C=O) groups excluding carboxylic acids is 1. The summed E-state index contributed by atoms with van der Waals surface area (Å²) in [6.45, 7) is 21.1. The van der Waals surface area contributed by atoms with E-state index >= 15 is 0 Å². The standard InChI is InChI=1S/C32H44O9P2/c1-19-11-20(25-22-13-21(29(2,3)4)14-24(31(8,9)10)27(22)40-28(25)33)12-23(30(5,6)7)26(19)41-43(35)38-17-32(18-39-43)15-36-42(34)37-16-32/h11-14,25,42H,15-18H2,1-10H3. The van der Waals surface area contributed by atoms with Crippen LogP contribution in [0.5, 0.6) is 11.5 Å². The number of fused-ring (bicyclic) bond motifs is 1. The Labute approximate surface area is 255 Å². The summed E-state index contributed by atoms with van der Waals surface area (Å²) < 4.78 is 59.0. The summed E-state index contributed by atoms with van der Waals surface area (Å²) >= 11 is 0. The summed E-state index contributed by atoms with van der Waals surface area (Å²) in [5.41, 5.74) is 3.71. The number of benzene rings is 2. The fourth-order valence-corrected chi connectivity index (χ4v) is 8.01. The SMILES string of the molecule is Cc1cc(C2C(=O)Oc3c2cc(C(C)(C)C)cc3C(C)(C)C)cc(C(C)(C)C)c1OP1(=O)OCC2(CO[PH](=O)OC2)CO1. The van der Waals surface area contributed by atoms with Crippen molar-refractivity contribution >= 4 is 22.0 Å². The molecular weight excluding hydrogens is 590 g/mol. The molecule has 236 valence electrons. The predicted octanol–water partition coefficient (Wildman–Crippen LogP) is 7.90. The van der Waals surface area contributed by atoms with Crippen LogP contribution in [0.2, 0.25) is 0 Å². The second-order valence-corrected chi connectivity index (χ2v) is 17.8. The van der Waals surface area contributed by atoms with Crippen LogP contribution in [0.15, 0.2) is 24.3 Å². The van der Waals surface area contributed by atoms with Crippen molar-refractivity contribution in [1.82, 2.24) is 0 Å². The van der Waals surface area contributed by atoms with Gasteiger partial charge in [0.25, 0.3) is 0 Å². The summed E-state index contributed by atoms with van der Waals surface area (Å²) in [4.78, 5) is 13.6. The third-order valence-electron chi connectivity index (χ3n) is 8.23. The van der Waals surface area contributed by atoms with Gasteiger partial charge >= 0.3 is 22.0 Å². The fourth-order valence-electron chi connectivity index (χ4n) is 5.57. The summed E-state index contributed by atoms with van der Waals surface area (Å²) in [6.07, 6.45) is 0. The van der Waals surface area contributed by atoms with E-state index < -0.39 is 32.8 Å². The zero-order valence-electron chi connectivity index (χ0n) is 26.8. The molecule has 0 amide bonds. The van der Waals surface area contributed by atoms with Crippen LogP contribution in [0.3, 0.4) is 0 Å². The lowest BCUT2D eigenvalue weighted by molar-refractivity contribution is -0.133. The van der Waals surface area contributed by atoms with E-state index in [0.29, 0.717) is 17.1 Å². The van der Waals surface area contributed by atoms with Crippen molar-refractivity contribution in [2.24, 2.45) is 5.41 Å². The number of hydrogen-bond donors (Lipinski definition) is 0. The van der Waals surface area contributed by atoms with Crippen LogP contribution in [-0.4, -0.2) is 32.4 Å². The van der Waals surface area contributed by atoms with E-state index in [4.69, 9.17) is 27.4 Å². The minimum atomic E-state index is -4.00. The van der Waals surface area contributed by atoms with Gasteiger partial charge in [-0.1, -0.05) is 86.6 Å². The molecule has 1 atom stereocenters. The molecule has 2 aromatic rings. The van der Waals surface area contributed by atoms with Crippen LogP contribution < -0.4 is 9.26 Å². The Hall–Kier alpha value is -1.99. The maximum Gasteiger partial charge on any atom is 0.530 e. The van der Waals surface area contributed by atoms with Gasteiger partial charge in [0.1, 0.15) is 17.4 Å². The smallest absolute Gasteiger partial charge is 0.425 e. The quantitative estimate of drug-likeness (QED) is 0.189. The van der Waals surface area contributed by atoms with E-state index in [1.165, 1.54) is 0 Å². The number of esters is 1. The summed E-state index contributed by atoms with van der Waals surface area (Å²) in [6, 6.07) is 8.10. The van der Waals surface area contributed by atoms with Crippen molar-refractivity contribution in [1.29, 1.82) is 0 Å². The molecule has 2 aromatic carbocycles. The average molecular weight is 635 g/mol. The van der Waals surface area contributed by atoms with Gasteiger partial charge in [0.2, 0.25) is 0 Å². The van der Waals surface area contributed by atoms with Crippen LogP contribution in [0.1, 0.15) is 102 Å². The lowest BCUT2D eigenvalue weighted by Gasteiger charge is -2.40. The van der Waals surface area contributed by atoms with E-state index in [2.05, 4.69) is 53.7 Å². The first-order valence-electron chi connectivity index (χ1n) is 14.7. The van der Waals surface area contributed by atoms with Gasteiger partial charge in [-0.25, -0.2) is 4.57 Å². The molecule has 0 N–H and O–H groups in total. The highest BCUT2D eigenvalue weighted by Gasteiger charge is 2.48. The lowest BCUT2D eigenvalue weighted by atomic mass is 9.76. The molecule has 5 rings (SSSR count). The first kappa shape index (κ1) is 32.4. The number of carbonyl (C=O) groups is 1. The van der Waals surface area contributed by atoms with Crippen molar-refractivity contribution in [2.75, 3.05) is 26.4 Å². The Morgan fingerprint density at radius 1 is 0.837 bits per heavy atom. The molecule has 11 heteroatoms. The van der Waals surface area contributed by atoms with Crippen molar-refractivity contribution in [3.05, 3.63) is 57.6 Å². The number of aryl methyl sites for hydroxylation is 1. The minimum Gasteiger partial charge on any atom is -0.425 e. The number of phosphoric acid groups is 1. The fraction of sp³-hybridized carbons (Fsp3) is 0.594. The molecule has 3 aliphatic rings. The van der Waals surface area contributed by atoms with E-state index in [0.717, 1.165) is 27.8 Å². The molecule has 0 bridgehead atoms. The van der Waals surface area contributed by atoms with Gasteiger partial charge in [-0.3, -0.25) is 18.4 Å². The molecule has 0 radical (unpaired) electrons. The summed E-state index contributed by atoms with van der Waals surface area (Å²) in [5.74, 6) is 0.0799. The molecule has 9 nitrogen and oxygen atoms in total. The first-order valence-corrected chi connectivity index (χ1v) is 17.3. The highest BCUT2D eigenvalue weighted by atomic mass is 31.2. The maximum absolute atomic E-state index is 13.7. The largest absolute Gasteiger partial charge is 0.530 e. The Morgan fingerprint density at radius 2 is 1.42 bits per heavy atom. The molecule has 0 aromatic heterocycles. The van der Waals surface area contributed by atoms with Crippen LogP contribution in [0.4, 0.5) is 0 Å². The normalized spacial score (nSPS) is 28.1. The Balaban J connectivity index is 1.53. The van der Waals surface area contributed by atoms with Gasteiger partial charge < -0.3 is 18.3 Å². The third kappa shape index (κ3) is 6.40. The van der Waals surface area contributed by atoms with Crippen LogP contribution in [0, 0.1) is 12.3 Å². The average Bonchev–Trinajstić information content (AvgIpc) is 3.22. The van der Waals surface area contributed by atoms with Crippen molar-refractivity contribution in [3.8, 4) is 11.5 Å². The van der Waals surface area contributed by atoms with E-state index in [9.17, 15) is 13.9 Å². The van der Waals surface area contributed by atoms with E-state index in [1.807, 2.05) is 39.8 Å². The van der Waals surface area contributed by atoms with Gasteiger partial charge in [0.15, 0.2) is 0 Å². The summed E-state index contributed by atoms with van der Waals surface area (Å²) in [7, 11) is -6.51. The lowest BCUT2D eigenvalue weighted by Crippen LogP contribution is -2.45. The molecule has 43 heavy (non-hydrogen) atoms. The van der Waals surface area contributed by atoms with E-state index in [-0.39, 0.29) is 43.2 Å². The van der Waals surface area contributed by atoms with E-state index in [1.54, 1.807) is 0 Å². The Bertz CT molecular complexity index is 1500. The van der Waals surface area contributed by atoms with Crippen LogP contribution >= 0.6 is 16.1 Å². The monoisotopic (exact) mass is 634 g/mol. The third-order valence-corrected chi connectivity index (χ3v) is 10.3. The molecule has 2 fully saturated rings. The topological polar surface area (TPSA) is 107 Å². The number of ether oxygens (including phenoxy) is 1. The molecule has 2 saturated heterocycles. The second kappa shape index (κ2) is 10.8. The molecule has 1 spiro atoms. The van der Waals surface area contributed by atoms with Gasteiger partial charge in [-0.2, -0.15) is 0 Å². The van der Waals surface area contributed by atoms with Gasteiger partial charge in [0, 0.05) is 16.7 Å². The molecule has 3 aliphatic heterocycles. The Morgan fingerprint density at radius 3 is 1.95 bits per heavy atom. The van der Waals surface area contributed by atoms with Crippen molar-refractivity contribution in [2.45, 2.75) is 91.4 Å². The minimum absolute atomic E-state index is 0.0122. The maximum atomic E-state index is 13.7. The molecule has 1 unspecified atom stereocenters. The van der Waals surface area contributed by atoms with Crippen molar-refractivity contribution < 1.29 is 41.3 Å². The van der Waals surface area contributed by atoms with Crippen LogP contribution in [0.25, 0.3) is 0 Å². The molecular formula is C32H44O9P2. The zero-order valence-corrected chi connectivity index (χ0v) is 28.7. The molecule has 3 heterocycles. The van der Waals surface area contributed by atoms with Crippen molar-refractivity contribution in [3.63, 3.8) is 0 Å². The number of phosphoric ester groups is 1. The zero-order chi connectivity index (χ0) is 31.8. The second-order valence-electron chi connectivity index (χ2n) is 15.2. The highest BCUT2D eigenvalue weighted by molar-refractivity contribution is 7.49. The predicted molar refractivity (Wildman–Crippen MR) is 165 cm³/mol. The van der Waals surface area contributed by atoms with Crippen LogP contribution in [-0.2, 0) is 48.3 Å².